The number of nitrogens with zero attached hydrogens (tertiary/aromatic N) is 2. The maximum absolute atomic E-state index is 5.02. The van der Waals surface area contributed by atoms with Gasteiger partial charge in [-0.05, 0) is 35.4 Å². The van der Waals surface area contributed by atoms with Crippen LogP contribution >= 0.6 is 0 Å². The minimum atomic E-state index is -1.36. The molecule has 1 aliphatic heterocycles. The van der Waals surface area contributed by atoms with E-state index in [2.05, 4.69) is 115 Å². The largest absolute Gasteiger partial charge is 0.257 e. The Kier molecular flexibility index (Phi) is 5.38. The Morgan fingerprint density at radius 2 is 1.45 bits per heavy atom. The molecule has 0 amide bonds. The van der Waals surface area contributed by atoms with Gasteiger partial charge in [-0.3, -0.25) is 5.01 Å². The van der Waals surface area contributed by atoms with Crippen molar-refractivity contribution >= 4 is 19.5 Å². The molecule has 3 heteroatoms. The second-order valence-corrected chi connectivity index (χ2v) is 13.2. The van der Waals surface area contributed by atoms with Gasteiger partial charge in [0.05, 0.1) is 17.4 Å². The van der Waals surface area contributed by atoms with E-state index in [0.717, 1.165) is 23.4 Å². The quantitative estimate of drug-likeness (QED) is 0.377. The Balaban J connectivity index is 1.64. The molecule has 1 aliphatic rings. The molecule has 0 N–H and O–H groups in total. The lowest BCUT2D eigenvalue weighted by Crippen LogP contribution is -2.18. The van der Waals surface area contributed by atoms with Gasteiger partial charge < -0.3 is 0 Å². The van der Waals surface area contributed by atoms with Crippen molar-refractivity contribution in [2.24, 2.45) is 5.10 Å². The minimum Gasteiger partial charge on any atom is -0.257 e. The number of anilines is 1. The van der Waals surface area contributed by atoms with Crippen molar-refractivity contribution < 1.29 is 0 Å². The summed E-state index contributed by atoms with van der Waals surface area (Å²) < 4.78 is 0. The van der Waals surface area contributed by atoms with E-state index in [1.165, 1.54) is 11.1 Å². The normalized spacial score (nSPS) is 16.2. The van der Waals surface area contributed by atoms with Crippen LogP contribution in [0.25, 0.3) is 0 Å². The smallest absolute Gasteiger partial charge is 0.129 e. The molecule has 1 heterocycles. The Bertz CT molecular complexity index is 1050. The van der Waals surface area contributed by atoms with Gasteiger partial charge in [0.1, 0.15) is 8.07 Å². The van der Waals surface area contributed by atoms with Gasteiger partial charge in [-0.2, -0.15) is 5.10 Å². The summed E-state index contributed by atoms with van der Waals surface area (Å²) in [6.45, 7) is 6.80. The van der Waals surface area contributed by atoms with Crippen molar-refractivity contribution in [1.29, 1.82) is 0 Å². The third kappa shape index (κ3) is 4.67. The standard InChI is InChI=1S/C26H26N2Si/c1-29(2,3)19-18-21-14-16-22(17-15-21)25-20-26(23-10-6-4-7-11-23)28(27-25)24-12-8-5-9-13-24/h4-17,26H,20H2,1-3H3. The highest BCUT2D eigenvalue weighted by Gasteiger charge is 2.29. The van der Waals surface area contributed by atoms with Gasteiger partial charge in [0.15, 0.2) is 0 Å². The summed E-state index contributed by atoms with van der Waals surface area (Å²) >= 11 is 0. The molecule has 2 nitrogen and oxygen atoms in total. The molecule has 1 atom stereocenters. The molecule has 29 heavy (non-hydrogen) atoms. The van der Waals surface area contributed by atoms with Gasteiger partial charge in [-0.25, -0.2) is 0 Å². The second-order valence-electron chi connectivity index (χ2n) is 8.43. The predicted molar refractivity (Wildman–Crippen MR) is 126 cm³/mol. The van der Waals surface area contributed by atoms with Crippen LogP contribution in [0.3, 0.4) is 0 Å². The summed E-state index contributed by atoms with van der Waals surface area (Å²) in [5.41, 5.74) is 9.20. The predicted octanol–water partition coefficient (Wildman–Crippen LogP) is 6.27. The topological polar surface area (TPSA) is 15.6 Å². The molecule has 4 rings (SSSR count). The Morgan fingerprint density at radius 3 is 2.07 bits per heavy atom. The highest BCUT2D eigenvalue weighted by molar-refractivity contribution is 6.83. The molecular formula is C26H26N2Si. The zero-order valence-corrected chi connectivity index (χ0v) is 18.3. The maximum atomic E-state index is 5.02. The molecule has 0 fully saturated rings. The molecule has 1 unspecified atom stereocenters. The van der Waals surface area contributed by atoms with Gasteiger partial charge in [-0.15, -0.1) is 5.54 Å². The average molecular weight is 395 g/mol. The van der Waals surface area contributed by atoms with Gasteiger partial charge >= 0.3 is 0 Å². The Hall–Kier alpha value is -3.09. The molecule has 0 aromatic heterocycles. The van der Waals surface area contributed by atoms with Gasteiger partial charge in [-0.1, -0.05) is 86.2 Å². The SMILES string of the molecule is C[Si](C)(C)C#Cc1ccc(C2=NN(c3ccccc3)C(c3ccccc3)C2)cc1. The van der Waals surface area contributed by atoms with E-state index in [9.17, 15) is 0 Å². The number of hydrogen-bond acceptors (Lipinski definition) is 2. The highest BCUT2D eigenvalue weighted by atomic mass is 28.3. The van der Waals surface area contributed by atoms with Crippen LogP contribution in [0.5, 0.6) is 0 Å². The van der Waals surface area contributed by atoms with E-state index >= 15 is 0 Å². The summed E-state index contributed by atoms with van der Waals surface area (Å²) in [7, 11) is -1.36. The third-order valence-electron chi connectivity index (χ3n) is 4.92. The fourth-order valence-corrected chi connectivity index (χ4v) is 3.96. The molecule has 0 bridgehead atoms. The van der Waals surface area contributed by atoms with Crippen molar-refractivity contribution in [3.63, 3.8) is 0 Å². The van der Waals surface area contributed by atoms with Crippen LogP contribution in [0.2, 0.25) is 19.6 Å². The molecule has 0 aliphatic carbocycles. The molecule has 0 radical (unpaired) electrons. The van der Waals surface area contributed by atoms with E-state index < -0.39 is 8.07 Å². The number of rotatable bonds is 3. The minimum absolute atomic E-state index is 0.208. The van der Waals surface area contributed by atoms with E-state index in [-0.39, 0.29) is 6.04 Å². The highest BCUT2D eigenvalue weighted by Crippen LogP contribution is 2.36. The van der Waals surface area contributed by atoms with E-state index in [1.807, 2.05) is 6.07 Å². The van der Waals surface area contributed by atoms with E-state index in [1.54, 1.807) is 0 Å². The lowest BCUT2D eigenvalue weighted by molar-refractivity contribution is 0.709. The van der Waals surface area contributed by atoms with Crippen molar-refractivity contribution in [2.45, 2.75) is 32.1 Å². The zero-order chi connectivity index (χ0) is 20.3. The van der Waals surface area contributed by atoms with Crippen LogP contribution in [-0.2, 0) is 0 Å². The van der Waals surface area contributed by atoms with Crippen LogP contribution in [0.1, 0.15) is 29.2 Å². The van der Waals surface area contributed by atoms with Crippen LogP contribution < -0.4 is 5.01 Å². The summed E-state index contributed by atoms with van der Waals surface area (Å²) in [6.07, 6.45) is 0.888. The molecule has 3 aromatic carbocycles. The van der Waals surface area contributed by atoms with E-state index in [4.69, 9.17) is 5.10 Å². The van der Waals surface area contributed by atoms with Crippen molar-refractivity contribution in [3.8, 4) is 11.5 Å². The number of benzene rings is 3. The lowest BCUT2D eigenvalue weighted by atomic mass is 9.98. The van der Waals surface area contributed by atoms with Crippen LogP contribution in [0.15, 0.2) is 90.0 Å². The van der Waals surface area contributed by atoms with Gasteiger partial charge in [0, 0.05) is 12.0 Å². The number of para-hydroxylation sites is 1. The maximum Gasteiger partial charge on any atom is 0.129 e. The Morgan fingerprint density at radius 1 is 0.828 bits per heavy atom. The Labute approximate surface area is 174 Å². The zero-order valence-electron chi connectivity index (χ0n) is 17.3. The first-order chi connectivity index (χ1) is 14.0. The molecule has 3 aromatic rings. The average Bonchev–Trinajstić information content (AvgIpc) is 3.19. The van der Waals surface area contributed by atoms with Gasteiger partial charge in [0.25, 0.3) is 0 Å². The van der Waals surface area contributed by atoms with Crippen LogP contribution in [-0.4, -0.2) is 13.8 Å². The van der Waals surface area contributed by atoms with Crippen LogP contribution in [0, 0.1) is 11.5 Å². The monoisotopic (exact) mass is 394 g/mol. The second kappa shape index (κ2) is 8.11. The summed E-state index contributed by atoms with van der Waals surface area (Å²) in [5.74, 6) is 3.33. The molecule has 144 valence electrons. The first kappa shape index (κ1) is 19.2. The van der Waals surface area contributed by atoms with Crippen LogP contribution in [0.4, 0.5) is 5.69 Å². The van der Waals surface area contributed by atoms with Crippen molar-refractivity contribution in [2.75, 3.05) is 5.01 Å². The number of hydrogen-bond donors (Lipinski definition) is 0. The molecular weight excluding hydrogens is 368 g/mol. The molecule has 0 saturated heterocycles. The van der Waals surface area contributed by atoms with Crippen molar-refractivity contribution in [1.82, 2.24) is 0 Å². The fourth-order valence-electron chi connectivity index (χ4n) is 3.44. The fraction of sp³-hybridized carbons (Fsp3) is 0.192. The number of hydrazone groups is 1. The summed E-state index contributed by atoms with van der Waals surface area (Å²) in [5, 5.41) is 7.18. The summed E-state index contributed by atoms with van der Waals surface area (Å²) in [6, 6.07) is 29.8. The van der Waals surface area contributed by atoms with Crippen molar-refractivity contribution in [3.05, 3.63) is 102 Å². The lowest BCUT2D eigenvalue weighted by Gasteiger charge is -2.23. The first-order valence-corrected chi connectivity index (χ1v) is 13.6. The first-order valence-electron chi connectivity index (χ1n) is 10.1. The summed E-state index contributed by atoms with van der Waals surface area (Å²) in [4.78, 5) is 0. The van der Waals surface area contributed by atoms with Gasteiger partial charge in [0.2, 0.25) is 0 Å². The third-order valence-corrected chi connectivity index (χ3v) is 5.79. The van der Waals surface area contributed by atoms with E-state index in [0.29, 0.717) is 0 Å². The molecule has 0 saturated carbocycles. The molecule has 0 spiro atoms.